The van der Waals surface area contributed by atoms with Crippen molar-refractivity contribution in [2.45, 2.75) is 32.6 Å². The maximum atomic E-state index is 2.55. The summed E-state index contributed by atoms with van der Waals surface area (Å²) in [6.07, 6.45) is 4.43. The molecule has 208 valence electrons. The van der Waals surface area contributed by atoms with Crippen LogP contribution in [0.5, 0.6) is 0 Å². The average molecular weight is 589 g/mol. The van der Waals surface area contributed by atoms with Crippen molar-refractivity contribution in [2.75, 3.05) is 0 Å². The van der Waals surface area contributed by atoms with Gasteiger partial charge >= 0.3 is 179 Å². The minimum absolute atomic E-state index is 1.08. The van der Waals surface area contributed by atoms with E-state index in [1.165, 1.54) is 44.5 Å². The van der Waals surface area contributed by atoms with Gasteiger partial charge in [-0.2, -0.15) is 0 Å². The Balaban J connectivity index is 0.000000180. The fourth-order valence-corrected chi connectivity index (χ4v) is 10.9. The van der Waals surface area contributed by atoms with Crippen LogP contribution in [0.25, 0.3) is 22.3 Å². The van der Waals surface area contributed by atoms with Crippen LogP contribution in [0.15, 0.2) is 146 Å². The first-order valence-corrected chi connectivity index (χ1v) is 17.9. The van der Waals surface area contributed by atoms with E-state index in [1.807, 2.05) is 0 Å². The Kier molecular flexibility index (Phi) is 8.15. The molecule has 0 atom stereocenters. The van der Waals surface area contributed by atoms with Crippen LogP contribution in [0.3, 0.4) is 0 Å². The van der Waals surface area contributed by atoms with Gasteiger partial charge in [-0.15, -0.1) is 0 Å². The van der Waals surface area contributed by atoms with Crippen LogP contribution < -0.4 is 7.74 Å². The molecule has 8 rings (SSSR count). The summed E-state index contributed by atoms with van der Waals surface area (Å²) in [5.74, 6) is 0. The summed E-state index contributed by atoms with van der Waals surface area (Å²) in [4.78, 5) is 0. The van der Waals surface area contributed by atoms with E-state index < -0.39 is 17.4 Å². The smallest absolute Gasteiger partial charge is 0.0238 e. The molecule has 0 aromatic heterocycles. The molecular weight excluding hydrogens is 552 g/mol. The number of aryl methyl sites for hydroxylation is 2. The molecule has 1 heteroatoms. The molecule has 0 heterocycles. The first-order chi connectivity index (χ1) is 21.3. The molecule has 6 aromatic carbocycles. The Labute approximate surface area is 262 Å². The number of benzene rings is 6. The molecule has 0 fully saturated rings. The van der Waals surface area contributed by atoms with Crippen LogP contribution >= 0.6 is 0 Å². The fraction of sp³-hybridized carbons (Fsp3) is 0.119. The largest absolute Gasteiger partial charge is 0.0622 e. The van der Waals surface area contributed by atoms with Crippen LogP contribution in [0.4, 0.5) is 0 Å². The molecule has 6 aromatic rings. The molecule has 0 nitrogen and oxygen atoms in total. The SMILES string of the molecule is C[CH]=[Ti]([c]1cccc2c1Cc1ccccc1-2)[c]1cccc2c1Cc1ccccc1-2.c1ccc(CCc2ccccc2)cc1. The van der Waals surface area contributed by atoms with E-state index in [0.717, 1.165) is 25.7 Å². The quantitative estimate of drug-likeness (QED) is 0.177. The van der Waals surface area contributed by atoms with Gasteiger partial charge in [-0.25, -0.2) is 0 Å². The number of rotatable bonds is 5. The molecule has 2 aliphatic rings. The first-order valence-electron chi connectivity index (χ1n) is 15.5. The van der Waals surface area contributed by atoms with Gasteiger partial charge in [0.1, 0.15) is 0 Å². The first kappa shape index (κ1) is 27.7. The summed E-state index contributed by atoms with van der Waals surface area (Å²) in [5.41, 5.74) is 14.7. The van der Waals surface area contributed by atoms with Crippen LogP contribution in [0, 0.1) is 0 Å². The van der Waals surface area contributed by atoms with Gasteiger partial charge in [-0.05, 0) is 24.0 Å². The van der Waals surface area contributed by atoms with Crippen molar-refractivity contribution < 1.29 is 17.4 Å². The molecular formula is C42H36Ti. The van der Waals surface area contributed by atoms with Crippen molar-refractivity contribution in [1.82, 2.24) is 0 Å². The molecule has 2 aliphatic carbocycles. The standard InChI is InChI=1S/C14H14.2C13H9.C2H4.Ti/c1-3-7-13(8-4-1)11-12-14-9-5-2-6-10-14;2*1-3-7-12-10(5-1)9-11-6-2-4-8-13(11)12;1-2;/h1-10H,11-12H2;2*1-5,7-8H,9H2;1H,2H3;. The van der Waals surface area contributed by atoms with Crippen LogP contribution in [0.1, 0.15) is 40.3 Å². The third-order valence-corrected chi connectivity index (χ3v) is 13.1. The van der Waals surface area contributed by atoms with Gasteiger partial charge in [0.25, 0.3) is 0 Å². The van der Waals surface area contributed by atoms with Crippen molar-refractivity contribution in [3.63, 3.8) is 0 Å². The van der Waals surface area contributed by atoms with Crippen LogP contribution in [-0.2, 0) is 43.1 Å². The second kappa shape index (κ2) is 12.6. The molecule has 0 spiro atoms. The van der Waals surface area contributed by atoms with E-state index in [9.17, 15) is 0 Å². The van der Waals surface area contributed by atoms with Gasteiger partial charge in [0.05, 0.1) is 0 Å². The molecule has 0 radical (unpaired) electrons. The second-order valence-corrected chi connectivity index (χ2v) is 15.4. The Morgan fingerprint density at radius 2 is 0.837 bits per heavy atom. The summed E-state index contributed by atoms with van der Waals surface area (Å²) in [6.45, 7) is 2.29. The number of hydrogen-bond donors (Lipinski definition) is 0. The summed E-state index contributed by atoms with van der Waals surface area (Å²) < 4.78 is 5.81. The molecule has 0 saturated carbocycles. The van der Waals surface area contributed by atoms with Crippen molar-refractivity contribution in [3.05, 3.63) is 179 Å². The minimum Gasteiger partial charge on any atom is -0.0622 e. The molecule has 0 saturated heterocycles. The minimum atomic E-state index is -1.75. The van der Waals surface area contributed by atoms with Crippen LogP contribution in [-0.4, -0.2) is 4.31 Å². The van der Waals surface area contributed by atoms with E-state index in [4.69, 9.17) is 0 Å². The van der Waals surface area contributed by atoms with Gasteiger partial charge < -0.3 is 0 Å². The summed E-state index contributed by atoms with van der Waals surface area (Å²) in [5, 5.41) is 0. The molecule has 0 unspecified atom stereocenters. The van der Waals surface area contributed by atoms with Crippen LogP contribution in [0.2, 0.25) is 0 Å². The van der Waals surface area contributed by atoms with Crippen molar-refractivity contribution >= 4 is 12.1 Å². The topological polar surface area (TPSA) is 0 Å². The molecule has 0 N–H and O–H groups in total. The second-order valence-electron chi connectivity index (χ2n) is 11.5. The summed E-state index contributed by atoms with van der Waals surface area (Å²) in [7, 11) is 0. The van der Waals surface area contributed by atoms with Gasteiger partial charge in [0.15, 0.2) is 0 Å². The summed E-state index contributed by atoms with van der Waals surface area (Å²) in [6, 6.07) is 53.2. The fourth-order valence-electron chi connectivity index (χ4n) is 6.85. The summed E-state index contributed by atoms with van der Waals surface area (Å²) >= 11 is -1.75. The zero-order valence-corrected chi connectivity index (χ0v) is 26.3. The van der Waals surface area contributed by atoms with Gasteiger partial charge in [-0.1, -0.05) is 60.7 Å². The maximum Gasteiger partial charge on any atom is -0.0238 e. The molecule has 0 aliphatic heterocycles. The number of fused-ring (bicyclic) bond motifs is 6. The Hall–Kier alpha value is -4.10. The molecule has 0 bridgehead atoms. The zero-order valence-electron chi connectivity index (χ0n) is 24.8. The maximum absolute atomic E-state index is 2.55. The Bertz CT molecular complexity index is 1780. The molecule has 0 amide bonds. The predicted molar refractivity (Wildman–Crippen MR) is 181 cm³/mol. The predicted octanol–water partition coefficient (Wildman–Crippen LogP) is 8.69. The van der Waals surface area contributed by atoms with Crippen molar-refractivity contribution in [3.8, 4) is 22.3 Å². The Morgan fingerprint density at radius 3 is 1.28 bits per heavy atom. The normalized spacial score (nSPS) is 11.8. The van der Waals surface area contributed by atoms with Gasteiger partial charge in [0.2, 0.25) is 0 Å². The van der Waals surface area contributed by atoms with Crippen molar-refractivity contribution in [1.29, 1.82) is 0 Å². The third kappa shape index (κ3) is 5.66. The van der Waals surface area contributed by atoms with E-state index in [2.05, 4.69) is 157 Å². The number of hydrogen-bond acceptors (Lipinski definition) is 0. The van der Waals surface area contributed by atoms with Gasteiger partial charge in [0, 0.05) is 0 Å². The van der Waals surface area contributed by atoms with Crippen molar-refractivity contribution in [2.24, 2.45) is 0 Å². The monoisotopic (exact) mass is 588 g/mol. The van der Waals surface area contributed by atoms with E-state index in [-0.39, 0.29) is 0 Å². The third-order valence-electron chi connectivity index (χ3n) is 8.96. The van der Waals surface area contributed by atoms with E-state index in [0.29, 0.717) is 0 Å². The van der Waals surface area contributed by atoms with E-state index >= 15 is 0 Å². The average Bonchev–Trinajstić information content (AvgIpc) is 3.65. The van der Waals surface area contributed by atoms with Gasteiger partial charge in [-0.3, -0.25) is 0 Å². The Morgan fingerprint density at radius 1 is 0.442 bits per heavy atom. The zero-order chi connectivity index (χ0) is 29.0. The molecule has 43 heavy (non-hydrogen) atoms. The van der Waals surface area contributed by atoms with E-state index in [1.54, 1.807) is 18.9 Å².